The van der Waals surface area contributed by atoms with Gasteiger partial charge in [-0.15, -0.1) is 0 Å². The Hall–Kier alpha value is -3.65. The maximum atomic E-state index is 12.9. The van der Waals surface area contributed by atoms with E-state index in [9.17, 15) is 19.7 Å². The van der Waals surface area contributed by atoms with E-state index in [4.69, 9.17) is 0 Å². The molecule has 8 heteroatoms. The van der Waals surface area contributed by atoms with Crippen molar-refractivity contribution in [2.75, 3.05) is 0 Å². The van der Waals surface area contributed by atoms with Crippen LogP contribution in [0.5, 0.6) is 0 Å². The Balaban J connectivity index is 2.06. The Bertz CT molecular complexity index is 1230. The molecule has 132 valence electrons. The number of rotatable bonds is 4. The lowest BCUT2D eigenvalue weighted by Gasteiger charge is -2.06. The fourth-order valence-electron chi connectivity index (χ4n) is 2.86. The molecule has 1 aromatic carbocycles. The molecule has 4 aromatic rings. The number of carbonyl (C=O) groups is 1. The average molecular weight is 377 g/mol. The zero-order valence-corrected chi connectivity index (χ0v) is 14.6. The van der Waals surface area contributed by atoms with Crippen molar-refractivity contribution < 1.29 is 9.72 Å². The Labute approximate surface area is 156 Å². The molecule has 7 nitrogen and oxygen atoms in total. The number of hydrogen-bond acceptors (Lipinski definition) is 6. The van der Waals surface area contributed by atoms with E-state index in [1.807, 2.05) is 6.07 Å². The molecule has 27 heavy (non-hydrogen) atoms. The molecule has 0 N–H and O–H groups in total. The van der Waals surface area contributed by atoms with E-state index in [-0.39, 0.29) is 21.8 Å². The lowest BCUT2D eigenvalue weighted by molar-refractivity contribution is -0.380. The number of nitrogens with zero attached hydrogens (tertiary/aromatic N) is 3. The monoisotopic (exact) mass is 377 g/mol. The number of thiophene rings is 1. The van der Waals surface area contributed by atoms with Crippen molar-refractivity contribution >= 4 is 32.3 Å². The molecule has 0 unspecified atom stereocenters. The van der Waals surface area contributed by atoms with E-state index in [1.54, 1.807) is 36.4 Å². The normalized spacial score (nSPS) is 10.8. The molecule has 0 bridgehead atoms. The lowest BCUT2D eigenvalue weighted by atomic mass is 10.1. The number of aromatic nitrogens is 2. The van der Waals surface area contributed by atoms with Gasteiger partial charge in [-0.2, -0.15) is 0 Å². The molecule has 0 aliphatic rings. The van der Waals surface area contributed by atoms with Crippen molar-refractivity contribution in [2.24, 2.45) is 0 Å². The van der Waals surface area contributed by atoms with Crippen molar-refractivity contribution in [1.29, 1.82) is 0 Å². The average Bonchev–Trinajstić information content (AvgIpc) is 3.08. The summed E-state index contributed by atoms with van der Waals surface area (Å²) < 4.78 is 1.38. The summed E-state index contributed by atoms with van der Waals surface area (Å²) in [4.78, 5) is 40.8. The number of pyridine rings is 2. The molecule has 0 atom stereocenters. The zero-order chi connectivity index (χ0) is 19.0. The summed E-state index contributed by atoms with van der Waals surface area (Å²) in [5.74, 6) is -0.549. The topological polar surface area (TPSA) is 95.1 Å². The largest absolute Gasteiger partial charge is 0.337 e. The lowest BCUT2D eigenvalue weighted by Crippen LogP contribution is -2.16. The fraction of sp³-hybridized carbons (Fsp3) is 0. The SMILES string of the molecule is O=C(c1ccccn1)c1c([N+](=O)[O-])sc2c1ccc(=O)n2-c1ccccc1. The second-order valence-corrected chi connectivity index (χ2v) is 6.62. The predicted molar refractivity (Wildman–Crippen MR) is 102 cm³/mol. The van der Waals surface area contributed by atoms with Gasteiger partial charge in [0, 0.05) is 17.6 Å². The number of benzene rings is 1. The maximum Gasteiger partial charge on any atom is 0.337 e. The summed E-state index contributed by atoms with van der Waals surface area (Å²) in [7, 11) is 0. The number of hydrogen-bond donors (Lipinski definition) is 0. The van der Waals surface area contributed by atoms with Crippen LogP contribution in [0.25, 0.3) is 15.9 Å². The Morgan fingerprint density at radius 2 is 1.78 bits per heavy atom. The summed E-state index contributed by atoms with van der Waals surface area (Å²) in [6.45, 7) is 0. The van der Waals surface area contributed by atoms with Crippen LogP contribution in [0.2, 0.25) is 0 Å². The molecule has 3 aromatic heterocycles. The molecule has 0 spiro atoms. The Morgan fingerprint density at radius 1 is 1.04 bits per heavy atom. The maximum absolute atomic E-state index is 12.9. The first kappa shape index (κ1) is 16.8. The minimum Gasteiger partial charge on any atom is -0.287 e. The molecule has 0 saturated heterocycles. The van der Waals surface area contributed by atoms with Crippen LogP contribution >= 0.6 is 11.3 Å². The van der Waals surface area contributed by atoms with Gasteiger partial charge >= 0.3 is 5.00 Å². The molecule has 0 aliphatic heterocycles. The quantitative estimate of drug-likeness (QED) is 0.308. The standard InChI is InChI=1S/C19H11N3O4S/c23-15-10-9-13-16(17(24)14-8-4-5-11-20-14)19(22(25)26)27-18(13)21(15)12-6-2-1-3-7-12/h1-11H. The van der Waals surface area contributed by atoms with Gasteiger partial charge < -0.3 is 0 Å². The third-order valence-corrected chi connectivity index (χ3v) is 5.17. The van der Waals surface area contributed by atoms with Crippen molar-refractivity contribution in [3.8, 4) is 5.69 Å². The highest BCUT2D eigenvalue weighted by atomic mass is 32.1. The van der Waals surface area contributed by atoms with E-state index in [0.717, 1.165) is 11.3 Å². The third-order valence-electron chi connectivity index (χ3n) is 4.03. The smallest absolute Gasteiger partial charge is 0.287 e. The summed E-state index contributed by atoms with van der Waals surface area (Å²) in [5, 5.41) is 11.7. The van der Waals surface area contributed by atoms with Gasteiger partial charge in [0.1, 0.15) is 16.1 Å². The molecule has 4 rings (SSSR count). The van der Waals surface area contributed by atoms with Gasteiger partial charge in [0.2, 0.25) is 5.78 Å². The van der Waals surface area contributed by atoms with Crippen LogP contribution < -0.4 is 5.56 Å². The van der Waals surface area contributed by atoms with Gasteiger partial charge in [-0.3, -0.25) is 29.3 Å². The minimum absolute atomic E-state index is 0.0524. The number of carbonyl (C=O) groups excluding carboxylic acids is 1. The highest BCUT2D eigenvalue weighted by Crippen LogP contribution is 2.38. The molecular formula is C19H11N3O4S. The van der Waals surface area contributed by atoms with E-state index >= 15 is 0 Å². The molecule has 0 aliphatic carbocycles. The molecule has 0 amide bonds. The second kappa shape index (κ2) is 6.58. The van der Waals surface area contributed by atoms with Gasteiger partial charge in [-0.05, 0) is 41.7 Å². The number of para-hydroxylation sites is 1. The van der Waals surface area contributed by atoms with Gasteiger partial charge in [-0.25, -0.2) is 0 Å². The van der Waals surface area contributed by atoms with Gasteiger partial charge in [0.25, 0.3) is 5.56 Å². The van der Waals surface area contributed by atoms with E-state index in [1.165, 1.54) is 29.0 Å². The summed E-state index contributed by atoms with van der Waals surface area (Å²) in [6, 6.07) is 16.4. The third kappa shape index (κ3) is 2.81. The van der Waals surface area contributed by atoms with Gasteiger partial charge in [0.15, 0.2) is 0 Å². The first-order chi connectivity index (χ1) is 13.1. The van der Waals surface area contributed by atoms with Crippen molar-refractivity contribution in [1.82, 2.24) is 9.55 Å². The first-order valence-corrected chi connectivity index (χ1v) is 8.73. The zero-order valence-electron chi connectivity index (χ0n) is 13.7. The molecule has 0 radical (unpaired) electrons. The molecule has 3 heterocycles. The fourth-order valence-corrected chi connectivity index (χ4v) is 3.99. The summed E-state index contributed by atoms with van der Waals surface area (Å²) >= 11 is 0.806. The van der Waals surface area contributed by atoms with Crippen LogP contribution in [0.15, 0.2) is 71.7 Å². The number of ketones is 1. The summed E-state index contributed by atoms with van der Waals surface area (Å²) in [5.41, 5.74) is 0.295. The van der Waals surface area contributed by atoms with Crippen LogP contribution in [0.1, 0.15) is 16.1 Å². The van der Waals surface area contributed by atoms with Crippen LogP contribution in [0, 0.1) is 10.1 Å². The van der Waals surface area contributed by atoms with Crippen LogP contribution in [0.3, 0.4) is 0 Å². The Kier molecular flexibility index (Phi) is 4.09. The first-order valence-electron chi connectivity index (χ1n) is 7.92. The number of nitro groups is 1. The van der Waals surface area contributed by atoms with Crippen molar-refractivity contribution in [2.45, 2.75) is 0 Å². The van der Waals surface area contributed by atoms with E-state index < -0.39 is 10.7 Å². The van der Waals surface area contributed by atoms with Crippen molar-refractivity contribution in [3.05, 3.63) is 98.6 Å². The molecule has 0 fully saturated rings. The Morgan fingerprint density at radius 3 is 2.44 bits per heavy atom. The summed E-state index contributed by atoms with van der Waals surface area (Å²) in [6.07, 6.45) is 1.45. The highest BCUT2D eigenvalue weighted by Gasteiger charge is 2.30. The van der Waals surface area contributed by atoms with Crippen molar-refractivity contribution in [3.63, 3.8) is 0 Å². The minimum atomic E-state index is -0.597. The van der Waals surface area contributed by atoms with Gasteiger partial charge in [0.05, 0.1) is 10.6 Å². The molecular weight excluding hydrogens is 366 g/mol. The van der Waals surface area contributed by atoms with Crippen LogP contribution in [-0.4, -0.2) is 20.3 Å². The second-order valence-electron chi connectivity index (χ2n) is 5.64. The molecule has 0 saturated carbocycles. The highest BCUT2D eigenvalue weighted by molar-refractivity contribution is 7.22. The van der Waals surface area contributed by atoms with Crippen LogP contribution in [-0.2, 0) is 0 Å². The van der Waals surface area contributed by atoms with Crippen LogP contribution in [0.4, 0.5) is 5.00 Å². The van der Waals surface area contributed by atoms with E-state index in [2.05, 4.69) is 4.98 Å². The number of fused-ring (bicyclic) bond motifs is 1. The van der Waals surface area contributed by atoms with Gasteiger partial charge in [-0.1, -0.05) is 24.3 Å². The predicted octanol–water partition coefficient (Wildman–Crippen LogP) is 3.59. The van der Waals surface area contributed by atoms with E-state index in [0.29, 0.717) is 15.9 Å².